The van der Waals surface area contributed by atoms with Crippen LogP contribution in [-0.4, -0.2) is 49.8 Å². The number of hydrogen-bond acceptors (Lipinski definition) is 5. The van der Waals surface area contributed by atoms with Crippen LogP contribution < -0.4 is 5.73 Å². The molecule has 8 heteroatoms. The molecule has 2 amide bonds. The molecule has 1 aliphatic rings. The van der Waals surface area contributed by atoms with Gasteiger partial charge in [-0.15, -0.1) is 10.2 Å². The van der Waals surface area contributed by atoms with E-state index in [-0.39, 0.29) is 23.5 Å². The van der Waals surface area contributed by atoms with E-state index < -0.39 is 0 Å². The second-order valence-corrected chi connectivity index (χ2v) is 8.95. The standard InChI is InChI=1S/C21H29N5O2S/c1-15(29-21-24-23-19(25(21)2)9-8-18(22)27)20(28)26-12-10-17(11-13-26)14-16-6-4-3-5-7-16/h3-7,15,17H,8-14H2,1-2H3,(H2,22,27)/t15-/m1/s1. The van der Waals surface area contributed by atoms with E-state index in [2.05, 4.69) is 34.5 Å². The number of aryl methyl sites for hydroxylation is 1. The summed E-state index contributed by atoms with van der Waals surface area (Å²) in [5.74, 6) is 1.12. The number of thioether (sulfide) groups is 1. The summed E-state index contributed by atoms with van der Waals surface area (Å²) >= 11 is 1.41. The van der Waals surface area contributed by atoms with Crippen molar-refractivity contribution in [1.82, 2.24) is 19.7 Å². The van der Waals surface area contributed by atoms with Gasteiger partial charge in [-0.05, 0) is 37.7 Å². The first-order chi connectivity index (χ1) is 13.9. The molecule has 156 valence electrons. The summed E-state index contributed by atoms with van der Waals surface area (Å²) in [5.41, 5.74) is 6.57. The molecule has 1 aliphatic heterocycles. The van der Waals surface area contributed by atoms with Crippen LogP contribution in [0.3, 0.4) is 0 Å². The molecular formula is C21H29N5O2S. The number of likely N-dealkylation sites (tertiary alicyclic amines) is 1. The van der Waals surface area contributed by atoms with Crippen molar-refractivity contribution < 1.29 is 9.59 Å². The van der Waals surface area contributed by atoms with Crippen molar-refractivity contribution in [2.24, 2.45) is 18.7 Å². The number of primary amides is 1. The molecule has 1 aromatic heterocycles. The van der Waals surface area contributed by atoms with E-state index in [0.29, 0.717) is 23.3 Å². The number of carbonyl (C=O) groups excluding carboxylic acids is 2. The number of carbonyl (C=O) groups is 2. The maximum atomic E-state index is 12.9. The third-order valence-electron chi connectivity index (χ3n) is 5.44. The van der Waals surface area contributed by atoms with Gasteiger partial charge in [0.15, 0.2) is 5.16 Å². The number of aromatic nitrogens is 3. The second-order valence-electron chi connectivity index (χ2n) is 7.64. The number of nitrogens with zero attached hydrogens (tertiary/aromatic N) is 4. The Bertz CT molecular complexity index is 831. The maximum Gasteiger partial charge on any atom is 0.235 e. The highest BCUT2D eigenvalue weighted by Gasteiger charge is 2.27. The number of piperidine rings is 1. The zero-order chi connectivity index (χ0) is 20.8. The fourth-order valence-electron chi connectivity index (χ4n) is 3.67. The van der Waals surface area contributed by atoms with Crippen LogP contribution in [0.25, 0.3) is 0 Å². The lowest BCUT2D eigenvalue weighted by Gasteiger charge is -2.33. The SMILES string of the molecule is C[C@@H](Sc1nnc(CCC(N)=O)n1C)C(=O)N1CCC(Cc2ccccc2)CC1. The Kier molecular flexibility index (Phi) is 7.30. The van der Waals surface area contributed by atoms with Gasteiger partial charge in [0.2, 0.25) is 11.8 Å². The summed E-state index contributed by atoms with van der Waals surface area (Å²) in [6.45, 7) is 3.54. The van der Waals surface area contributed by atoms with Gasteiger partial charge in [-0.25, -0.2) is 0 Å². The van der Waals surface area contributed by atoms with E-state index in [4.69, 9.17) is 5.73 Å². The highest BCUT2D eigenvalue weighted by Crippen LogP contribution is 2.26. The van der Waals surface area contributed by atoms with Crippen LogP contribution in [0.5, 0.6) is 0 Å². The summed E-state index contributed by atoms with van der Waals surface area (Å²) in [7, 11) is 1.85. The number of hydrogen-bond donors (Lipinski definition) is 1. The van der Waals surface area contributed by atoms with Crippen molar-refractivity contribution in [3.8, 4) is 0 Å². The molecule has 1 fully saturated rings. The molecule has 7 nitrogen and oxygen atoms in total. The molecule has 29 heavy (non-hydrogen) atoms. The average molecular weight is 416 g/mol. The zero-order valence-corrected chi connectivity index (χ0v) is 17.9. The fourth-order valence-corrected chi connectivity index (χ4v) is 4.59. The highest BCUT2D eigenvalue weighted by molar-refractivity contribution is 8.00. The van der Waals surface area contributed by atoms with Gasteiger partial charge >= 0.3 is 0 Å². The minimum Gasteiger partial charge on any atom is -0.370 e. The van der Waals surface area contributed by atoms with Gasteiger partial charge < -0.3 is 15.2 Å². The molecule has 2 aromatic rings. The smallest absolute Gasteiger partial charge is 0.235 e. The highest BCUT2D eigenvalue weighted by atomic mass is 32.2. The fraction of sp³-hybridized carbons (Fsp3) is 0.524. The summed E-state index contributed by atoms with van der Waals surface area (Å²) in [6, 6.07) is 10.6. The van der Waals surface area contributed by atoms with Crippen LogP contribution in [0.15, 0.2) is 35.5 Å². The van der Waals surface area contributed by atoms with Crippen LogP contribution in [-0.2, 0) is 29.5 Å². The molecule has 0 unspecified atom stereocenters. The number of benzene rings is 1. The molecule has 0 radical (unpaired) electrons. The molecular weight excluding hydrogens is 386 g/mol. The summed E-state index contributed by atoms with van der Waals surface area (Å²) < 4.78 is 1.84. The van der Waals surface area contributed by atoms with Crippen LogP contribution in [0.1, 0.15) is 37.6 Å². The number of amides is 2. The number of nitrogens with two attached hydrogens (primary N) is 1. The van der Waals surface area contributed by atoms with Gasteiger partial charge in [0.25, 0.3) is 0 Å². The van der Waals surface area contributed by atoms with Crippen LogP contribution in [0.2, 0.25) is 0 Å². The van der Waals surface area contributed by atoms with E-state index in [1.165, 1.54) is 17.3 Å². The van der Waals surface area contributed by atoms with E-state index >= 15 is 0 Å². The van der Waals surface area contributed by atoms with Crippen molar-refractivity contribution in [3.63, 3.8) is 0 Å². The quantitative estimate of drug-likeness (QED) is 0.667. The molecule has 0 aliphatic carbocycles. The first-order valence-corrected chi connectivity index (χ1v) is 11.0. The predicted octanol–water partition coefficient (Wildman–Crippen LogP) is 2.19. The van der Waals surface area contributed by atoms with Crippen LogP contribution in [0.4, 0.5) is 0 Å². The van der Waals surface area contributed by atoms with Gasteiger partial charge in [0.1, 0.15) is 5.82 Å². The van der Waals surface area contributed by atoms with Crippen molar-refractivity contribution in [2.75, 3.05) is 13.1 Å². The Labute approximate surface area is 176 Å². The third-order valence-corrected chi connectivity index (χ3v) is 6.56. The van der Waals surface area contributed by atoms with Crippen LogP contribution in [0, 0.1) is 5.92 Å². The Balaban J connectivity index is 1.49. The lowest BCUT2D eigenvalue weighted by atomic mass is 9.90. The van der Waals surface area contributed by atoms with Crippen molar-refractivity contribution in [1.29, 1.82) is 0 Å². The maximum absolute atomic E-state index is 12.9. The topological polar surface area (TPSA) is 94.1 Å². The molecule has 0 saturated carbocycles. The lowest BCUT2D eigenvalue weighted by Crippen LogP contribution is -2.42. The molecule has 0 bridgehead atoms. The average Bonchev–Trinajstić information content (AvgIpc) is 3.06. The Morgan fingerprint density at radius 1 is 1.21 bits per heavy atom. The van der Waals surface area contributed by atoms with Crippen molar-refractivity contribution in [2.45, 2.75) is 49.4 Å². The first-order valence-electron chi connectivity index (χ1n) is 10.1. The zero-order valence-electron chi connectivity index (χ0n) is 17.1. The molecule has 2 N–H and O–H groups in total. The number of rotatable bonds is 8. The summed E-state index contributed by atoms with van der Waals surface area (Å²) in [6.07, 6.45) is 3.86. The van der Waals surface area contributed by atoms with Gasteiger partial charge in [-0.3, -0.25) is 9.59 Å². The van der Waals surface area contributed by atoms with Gasteiger partial charge in [-0.2, -0.15) is 0 Å². The third kappa shape index (κ3) is 5.82. The van der Waals surface area contributed by atoms with Gasteiger partial charge in [0.05, 0.1) is 5.25 Å². The molecule has 3 rings (SSSR count). The molecule has 1 aromatic carbocycles. The molecule has 1 saturated heterocycles. The summed E-state index contributed by atoms with van der Waals surface area (Å²) in [5, 5.41) is 8.75. The summed E-state index contributed by atoms with van der Waals surface area (Å²) in [4.78, 5) is 25.8. The van der Waals surface area contributed by atoms with E-state index in [1.54, 1.807) is 0 Å². The van der Waals surface area contributed by atoms with Gasteiger partial charge in [0, 0.05) is 33.0 Å². The molecule has 2 heterocycles. The van der Waals surface area contributed by atoms with Crippen molar-refractivity contribution in [3.05, 3.63) is 41.7 Å². The lowest BCUT2D eigenvalue weighted by molar-refractivity contribution is -0.131. The normalized spacial score (nSPS) is 16.0. The monoisotopic (exact) mass is 415 g/mol. The Morgan fingerprint density at radius 3 is 2.55 bits per heavy atom. The first kappa shape index (κ1) is 21.4. The van der Waals surface area contributed by atoms with Gasteiger partial charge in [-0.1, -0.05) is 42.1 Å². The van der Waals surface area contributed by atoms with Crippen LogP contribution >= 0.6 is 11.8 Å². The molecule has 0 spiro atoms. The minimum atomic E-state index is -0.360. The predicted molar refractivity (Wildman–Crippen MR) is 113 cm³/mol. The van der Waals surface area contributed by atoms with E-state index in [9.17, 15) is 9.59 Å². The molecule has 1 atom stereocenters. The van der Waals surface area contributed by atoms with E-state index in [0.717, 1.165) is 32.4 Å². The largest absolute Gasteiger partial charge is 0.370 e. The Morgan fingerprint density at radius 2 is 1.90 bits per heavy atom. The van der Waals surface area contributed by atoms with Crippen molar-refractivity contribution >= 4 is 23.6 Å². The minimum absolute atomic E-state index is 0.148. The second kappa shape index (κ2) is 9.91. The Hall–Kier alpha value is -2.35. The van der Waals surface area contributed by atoms with E-state index in [1.807, 2.05) is 29.5 Å².